The summed E-state index contributed by atoms with van der Waals surface area (Å²) in [6.45, 7) is 3.34. The molecule has 4 nitrogen and oxygen atoms in total. The van der Waals surface area contributed by atoms with Gasteiger partial charge < -0.3 is 10.6 Å². The molecule has 60 valence electrons. The summed E-state index contributed by atoms with van der Waals surface area (Å²) < 4.78 is 0. The highest BCUT2D eigenvalue weighted by Crippen LogP contribution is 1.98. The summed E-state index contributed by atoms with van der Waals surface area (Å²) in [5.41, 5.74) is 0.327. The van der Waals surface area contributed by atoms with Gasteiger partial charge in [-0.3, -0.25) is 9.59 Å². The number of nitrogens with one attached hydrogen (secondary N) is 2. The van der Waals surface area contributed by atoms with Gasteiger partial charge in [-0.2, -0.15) is 0 Å². The fourth-order valence-electron chi connectivity index (χ4n) is 0.841. The number of carbonyl (C=O) groups is 2. The molecule has 2 amide bonds. The molecule has 2 N–H and O–H groups in total. The Bertz CT molecular complexity index is 233. The SMILES string of the molecule is C/C=C1/NC(=O)[C@@H](C)NC1=O. The van der Waals surface area contributed by atoms with Gasteiger partial charge in [-0.25, -0.2) is 0 Å². The van der Waals surface area contributed by atoms with E-state index in [0.717, 1.165) is 0 Å². The fourth-order valence-corrected chi connectivity index (χ4v) is 0.841. The van der Waals surface area contributed by atoms with Crippen molar-refractivity contribution in [2.45, 2.75) is 19.9 Å². The predicted octanol–water partition coefficient (Wildman–Crippen LogP) is -0.475. The number of allylic oxidation sites excluding steroid dienone is 1. The standard InChI is InChI=1S/C7H10N2O2/c1-3-5-7(11)8-4(2)6(10)9-5/h3-4H,1-2H3,(H,8,11)(H,9,10)/b5-3+/t4-/m1/s1. The van der Waals surface area contributed by atoms with E-state index in [1.165, 1.54) is 0 Å². The molecule has 1 heterocycles. The Balaban J connectivity index is 2.78. The lowest BCUT2D eigenvalue weighted by Gasteiger charge is -2.21. The summed E-state index contributed by atoms with van der Waals surface area (Å²) in [6.07, 6.45) is 1.57. The molecule has 11 heavy (non-hydrogen) atoms. The number of rotatable bonds is 0. The van der Waals surface area contributed by atoms with Gasteiger partial charge in [-0.1, -0.05) is 6.08 Å². The second-order valence-corrected chi connectivity index (χ2v) is 2.39. The minimum Gasteiger partial charge on any atom is -0.339 e. The highest BCUT2D eigenvalue weighted by molar-refractivity contribution is 6.04. The second-order valence-electron chi connectivity index (χ2n) is 2.39. The maximum atomic E-state index is 11.0. The van der Waals surface area contributed by atoms with E-state index in [1.54, 1.807) is 19.9 Å². The monoisotopic (exact) mass is 154 g/mol. The van der Waals surface area contributed by atoms with Crippen LogP contribution in [-0.2, 0) is 9.59 Å². The Labute approximate surface area is 64.7 Å². The van der Waals surface area contributed by atoms with Crippen molar-refractivity contribution >= 4 is 11.8 Å². The lowest BCUT2D eigenvalue weighted by Crippen LogP contribution is -2.53. The normalized spacial score (nSPS) is 28.2. The molecule has 0 unspecified atom stereocenters. The van der Waals surface area contributed by atoms with Gasteiger partial charge in [0.05, 0.1) is 0 Å². The van der Waals surface area contributed by atoms with Crippen LogP contribution in [0, 0.1) is 0 Å². The van der Waals surface area contributed by atoms with Crippen molar-refractivity contribution in [3.05, 3.63) is 11.8 Å². The minimum absolute atomic E-state index is 0.169. The highest BCUT2D eigenvalue weighted by Gasteiger charge is 2.24. The predicted molar refractivity (Wildman–Crippen MR) is 39.5 cm³/mol. The first-order valence-corrected chi connectivity index (χ1v) is 3.43. The maximum absolute atomic E-state index is 11.0. The van der Waals surface area contributed by atoms with Crippen molar-refractivity contribution in [3.8, 4) is 0 Å². The Morgan fingerprint density at radius 2 is 2.09 bits per heavy atom. The molecule has 0 bridgehead atoms. The zero-order valence-corrected chi connectivity index (χ0v) is 6.47. The Morgan fingerprint density at radius 1 is 1.45 bits per heavy atom. The molecule has 1 atom stereocenters. The number of hydrogen-bond donors (Lipinski definition) is 2. The summed E-state index contributed by atoms with van der Waals surface area (Å²) in [5, 5.41) is 4.99. The molecule has 0 aromatic heterocycles. The highest BCUT2D eigenvalue weighted by atomic mass is 16.2. The van der Waals surface area contributed by atoms with E-state index in [9.17, 15) is 9.59 Å². The third kappa shape index (κ3) is 1.39. The molecule has 0 aromatic rings. The van der Waals surface area contributed by atoms with Gasteiger partial charge in [0, 0.05) is 0 Å². The molecule has 1 rings (SSSR count). The Morgan fingerprint density at radius 3 is 2.64 bits per heavy atom. The van der Waals surface area contributed by atoms with E-state index in [-0.39, 0.29) is 11.8 Å². The first-order valence-electron chi connectivity index (χ1n) is 3.43. The van der Waals surface area contributed by atoms with Crippen molar-refractivity contribution in [1.82, 2.24) is 10.6 Å². The van der Waals surface area contributed by atoms with Crippen LogP contribution < -0.4 is 10.6 Å². The van der Waals surface area contributed by atoms with E-state index >= 15 is 0 Å². The molecule has 0 saturated carbocycles. The van der Waals surface area contributed by atoms with Crippen molar-refractivity contribution < 1.29 is 9.59 Å². The van der Waals surface area contributed by atoms with Crippen LogP contribution >= 0.6 is 0 Å². The largest absolute Gasteiger partial charge is 0.339 e. The van der Waals surface area contributed by atoms with Crippen LogP contribution in [0.3, 0.4) is 0 Å². The molecular weight excluding hydrogens is 144 g/mol. The van der Waals surface area contributed by atoms with Crippen LogP contribution in [0.4, 0.5) is 0 Å². The molecular formula is C7H10N2O2. The summed E-state index contributed by atoms with van der Waals surface area (Å²) in [4.78, 5) is 21.9. The fraction of sp³-hybridized carbons (Fsp3) is 0.429. The molecule has 0 aliphatic carbocycles. The van der Waals surface area contributed by atoms with Crippen LogP contribution in [0.15, 0.2) is 11.8 Å². The molecule has 1 saturated heterocycles. The molecule has 1 aliphatic heterocycles. The van der Waals surface area contributed by atoms with Crippen LogP contribution in [0.25, 0.3) is 0 Å². The molecule has 0 aromatic carbocycles. The topological polar surface area (TPSA) is 58.2 Å². The summed E-state index contributed by atoms with van der Waals surface area (Å²) in [7, 11) is 0. The lowest BCUT2D eigenvalue weighted by atomic mass is 10.2. The second kappa shape index (κ2) is 2.74. The smallest absolute Gasteiger partial charge is 0.268 e. The van der Waals surface area contributed by atoms with Gasteiger partial charge in [0.2, 0.25) is 5.91 Å². The van der Waals surface area contributed by atoms with E-state index < -0.39 is 6.04 Å². The minimum atomic E-state index is -0.425. The number of hydrogen-bond acceptors (Lipinski definition) is 2. The van der Waals surface area contributed by atoms with Crippen LogP contribution in [0.1, 0.15) is 13.8 Å². The number of piperazine rings is 1. The molecule has 0 spiro atoms. The van der Waals surface area contributed by atoms with E-state index in [4.69, 9.17) is 0 Å². The third-order valence-electron chi connectivity index (χ3n) is 1.53. The van der Waals surface area contributed by atoms with E-state index in [1.807, 2.05) is 0 Å². The maximum Gasteiger partial charge on any atom is 0.268 e. The molecule has 4 heteroatoms. The van der Waals surface area contributed by atoms with Crippen molar-refractivity contribution in [2.24, 2.45) is 0 Å². The van der Waals surface area contributed by atoms with Crippen LogP contribution in [-0.4, -0.2) is 17.9 Å². The van der Waals surface area contributed by atoms with Gasteiger partial charge in [0.1, 0.15) is 11.7 Å². The van der Waals surface area contributed by atoms with Crippen molar-refractivity contribution in [2.75, 3.05) is 0 Å². The number of amides is 2. The first-order chi connectivity index (χ1) is 5.15. The van der Waals surface area contributed by atoms with Crippen molar-refractivity contribution in [3.63, 3.8) is 0 Å². The van der Waals surface area contributed by atoms with Gasteiger partial charge >= 0.3 is 0 Å². The average Bonchev–Trinajstić information content (AvgIpc) is 1.97. The van der Waals surface area contributed by atoms with Gasteiger partial charge in [0.15, 0.2) is 0 Å². The first kappa shape index (κ1) is 7.78. The van der Waals surface area contributed by atoms with Crippen LogP contribution in [0.2, 0.25) is 0 Å². The van der Waals surface area contributed by atoms with Crippen LogP contribution in [0.5, 0.6) is 0 Å². The van der Waals surface area contributed by atoms with Crippen molar-refractivity contribution in [1.29, 1.82) is 0 Å². The van der Waals surface area contributed by atoms with Gasteiger partial charge in [-0.15, -0.1) is 0 Å². The zero-order valence-electron chi connectivity index (χ0n) is 6.47. The van der Waals surface area contributed by atoms with Gasteiger partial charge in [0.25, 0.3) is 5.91 Å². The van der Waals surface area contributed by atoms with E-state index in [2.05, 4.69) is 10.6 Å². The average molecular weight is 154 g/mol. The quantitative estimate of drug-likeness (QED) is 0.463. The summed E-state index contributed by atoms with van der Waals surface area (Å²) >= 11 is 0. The summed E-state index contributed by atoms with van der Waals surface area (Å²) in [5.74, 6) is -0.391. The van der Waals surface area contributed by atoms with Gasteiger partial charge in [-0.05, 0) is 13.8 Å². The Kier molecular flexibility index (Phi) is 1.94. The number of carbonyl (C=O) groups excluding carboxylic acids is 2. The zero-order chi connectivity index (χ0) is 8.43. The summed E-state index contributed by atoms with van der Waals surface area (Å²) in [6, 6.07) is -0.425. The third-order valence-corrected chi connectivity index (χ3v) is 1.53. The molecule has 0 radical (unpaired) electrons. The van der Waals surface area contributed by atoms with E-state index in [0.29, 0.717) is 5.70 Å². The molecule has 1 fully saturated rings. The Hall–Kier alpha value is -1.32. The molecule has 1 aliphatic rings. The lowest BCUT2D eigenvalue weighted by molar-refractivity contribution is -0.130.